The quantitative estimate of drug-likeness (QED) is 0.387. The molecule has 1 N–H and O–H groups in total. The minimum Gasteiger partial charge on any atom is -0.507 e. The predicted molar refractivity (Wildman–Crippen MR) is 115 cm³/mol. The van der Waals surface area contributed by atoms with Crippen molar-refractivity contribution < 1.29 is 24.2 Å². The maximum atomic E-state index is 13.1. The van der Waals surface area contributed by atoms with Crippen LogP contribution >= 0.6 is 0 Å². The number of benzene rings is 2. The van der Waals surface area contributed by atoms with E-state index in [4.69, 9.17) is 9.47 Å². The van der Waals surface area contributed by atoms with Crippen molar-refractivity contribution in [2.75, 3.05) is 19.1 Å². The summed E-state index contributed by atoms with van der Waals surface area (Å²) in [5.74, 6) is -1.03. The third-order valence-corrected chi connectivity index (χ3v) is 5.16. The average Bonchev–Trinajstić information content (AvgIpc) is 3.09. The second kappa shape index (κ2) is 8.31. The lowest BCUT2D eigenvalue weighted by atomic mass is 9.95. The van der Waals surface area contributed by atoms with E-state index in [1.165, 1.54) is 19.1 Å². The number of aromatic nitrogens is 1. The third kappa shape index (κ3) is 3.50. The number of hydrogen-bond acceptors (Lipinski definition) is 6. The molecule has 0 bridgehead atoms. The largest absolute Gasteiger partial charge is 0.507 e. The summed E-state index contributed by atoms with van der Waals surface area (Å²) in [4.78, 5) is 31.6. The van der Waals surface area contributed by atoms with Crippen LogP contribution in [-0.2, 0) is 9.59 Å². The molecule has 0 radical (unpaired) electrons. The fourth-order valence-corrected chi connectivity index (χ4v) is 3.69. The molecule has 156 valence electrons. The van der Waals surface area contributed by atoms with E-state index < -0.39 is 17.7 Å². The van der Waals surface area contributed by atoms with Crippen molar-refractivity contribution in [3.8, 4) is 11.5 Å². The van der Waals surface area contributed by atoms with Crippen molar-refractivity contribution in [1.29, 1.82) is 0 Å². The SMILES string of the molecule is COc1ccc(OC)c(/C(O)=C2\C(=O)C(=O)N(c3ccccc3)C2c2ccncc2)c1. The number of hydrogen-bond donors (Lipinski definition) is 1. The summed E-state index contributed by atoms with van der Waals surface area (Å²) < 4.78 is 10.6. The predicted octanol–water partition coefficient (Wildman–Crippen LogP) is 3.73. The van der Waals surface area contributed by atoms with Gasteiger partial charge in [-0.15, -0.1) is 0 Å². The number of para-hydroxylation sites is 1. The normalized spacial score (nSPS) is 17.6. The van der Waals surface area contributed by atoms with Gasteiger partial charge in [0, 0.05) is 18.1 Å². The zero-order valence-corrected chi connectivity index (χ0v) is 17.0. The Kier molecular flexibility index (Phi) is 5.41. The number of ketones is 1. The van der Waals surface area contributed by atoms with Gasteiger partial charge in [0.15, 0.2) is 0 Å². The first-order valence-corrected chi connectivity index (χ1v) is 9.55. The molecule has 31 heavy (non-hydrogen) atoms. The van der Waals surface area contributed by atoms with Crippen molar-refractivity contribution in [3.63, 3.8) is 0 Å². The lowest BCUT2D eigenvalue weighted by molar-refractivity contribution is -0.132. The van der Waals surface area contributed by atoms with Gasteiger partial charge in [-0.2, -0.15) is 0 Å². The number of ether oxygens (including phenoxy) is 2. The van der Waals surface area contributed by atoms with E-state index in [0.29, 0.717) is 22.7 Å². The first-order chi connectivity index (χ1) is 15.1. The summed E-state index contributed by atoms with van der Waals surface area (Å²) in [6, 6.07) is 16.3. The van der Waals surface area contributed by atoms with Crippen molar-refractivity contribution in [2.45, 2.75) is 6.04 Å². The number of pyridine rings is 1. The number of rotatable bonds is 5. The minimum absolute atomic E-state index is 0.0355. The maximum Gasteiger partial charge on any atom is 0.300 e. The summed E-state index contributed by atoms with van der Waals surface area (Å²) in [6.07, 6.45) is 3.15. The number of carbonyl (C=O) groups is 2. The highest BCUT2D eigenvalue weighted by Gasteiger charge is 2.47. The molecule has 7 nitrogen and oxygen atoms in total. The first kappa shape index (κ1) is 20.2. The summed E-state index contributed by atoms with van der Waals surface area (Å²) in [6.45, 7) is 0. The van der Waals surface area contributed by atoms with E-state index in [1.807, 2.05) is 6.07 Å². The van der Waals surface area contributed by atoms with Crippen LogP contribution in [0.2, 0.25) is 0 Å². The number of amides is 1. The number of aliphatic hydroxyl groups is 1. The molecule has 0 spiro atoms. The van der Waals surface area contributed by atoms with Crippen LogP contribution in [-0.4, -0.2) is 36.0 Å². The highest BCUT2D eigenvalue weighted by molar-refractivity contribution is 6.51. The maximum absolute atomic E-state index is 13.1. The number of aliphatic hydroxyl groups excluding tert-OH is 1. The van der Waals surface area contributed by atoms with Crippen LogP contribution in [0.5, 0.6) is 11.5 Å². The second-order valence-electron chi connectivity index (χ2n) is 6.85. The van der Waals surface area contributed by atoms with Crippen molar-refractivity contribution in [3.05, 3.63) is 89.8 Å². The highest BCUT2D eigenvalue weighted by atomic mass is 16.5. The van der Waals surface area contributed by atoms with Crippen LogP contribution in [0.1, 0.15) is 17.2 Å². The number of methoxy groups -OCH3 is 2. The molecule has 3 aromatic rings. The van der Waals surface area contributed by atoms with Crippen LogP contribution in [0.4, 0.5) is 5.69 Å². The zero-order valence-electron chi connectivity index (χ0n) is 17.0. The topological polar surface area (TPSA) is 89.0 Å². The molecule has 0 aliphatic carbocycles. The van der Waals surface area contributed by atoms with Crippen LogP contribution < -0.4 is 14.4 Å². The van der Waals surface area contributed by atoms with Gasteiger partial charge < -0.3 is 14.6 Å². The van der Waals surface area contributed by atoms with E-state index in [-0.39, 0.29) is 16.9 Å². The van der Waals surface area contributed by atoms with Crippen LogP contribution in [0, 0.1) is 0 Å². The Labute approximate surface area is 179 Å². The molecule has 0 saturated carbocycles. The van der Waals surface area contributed by atoms with E-state index in [1.54, 1.807) is 67.0 Å². The minimum atomic E-state index is -0.832. The van der Waals surface area contributed by atoms with Crippen molar-refractivity contribution >= 4 is 23.1 Å². The molecule has 2 aromatic carbocycles. The molecule has 1 unspecified atom stereocenters. The molecule has 1 aliphatic rings. The van der Waals surface area contributed by atoms with E-state index >= 15 is 0 Å². The standard InChI is InChI=1S/C24H20N2O5/c1-30-17-8-9-19(31-2)18(14-17)22(27)20-21(15-10-12-25-13-11-15)26(24(29)23(20)28)16-6-4-3-5-7-16/h3-14,21,27H,1-2H3/b22-20+. The van der Waals surface area contributed by atoms with Gasteiger partial charge >= 0.3 is 0 Å². The van der Waals surface area contributed by atoms with Crippen LogP contribution in [0.3, 0.4) is 0 Å². The molecule has 1 amide bonds. The number of nitrogens with zero attached hydrogens (tertiary/aromatic N) is 2. The molecule has 1 atom stereocenters. The number of Topliss-reactive ketones (excluding diaryl/α,β-unsaturated/α-hetero) is 1. The fraction of sp³-hybridized carbons (Fsp3) is 0.125. The smallest absolute Gasteiger partial charge is 0.300 e. The van der Waals surface area contributed by atoms with Gasteiger partial charge in [-0.3, -0.25) is 19.5 Å². The van der Waals surface area contributed by atoms with Gasteiger partial charge in [0.25, 0.3) is 11.7 Å². The van der Waals surface area contributed by atoms with Gasteiger partial charge in [-0.25, -0.2) is 0 Å². The Morgan fingerprint density at radius 3 is 2.32 bits per heavy atom. The first-order valence-electron chi connectivity index (χ1n) is 9.55. The summed E-state index contributed by atoms with van der Waals surface area (Å²) >= 11 is 0. The van der Waals surface area contributed by atoms with Gasteiger partial charge in [0.1, 0.15) is 17.3 Å². The van der Waals surface area contributed by atoms with E-state index in [0.717, 1.165) is 0 Å². The van der Waals surface area contributed by atoms with Crippen LogP contribution in [0.25, 0.3) is 5.76 Å². The summed E-state index contributed by atoms with van der Waals surface area (Å²) in [5.41, 5.74) is 1.41. The monoisotopic (exact) mass is 416 g/mol. The molecule has 7 heteroatoms. The van der Waals surface area contributed by atoms with Crippen molar-refractivity contribution in [2.24, 2.45) is 0 Å². The van der Waals surface area contributed by atoms with Gasteiger partial charge in [0.05, 0.1) is 31.4 Å². The Hall–Kier alpha value is -4.13. The Morgan fingerprint density at radius 1 is 0.968 bits per heavy atom. The van der Waals surface area contributed by atoms with Gasteiger partial charge in [-0.05, 0) is 48.0 Å². The molecule has 4 rings (SSSR count). The van der Waals surface area contributed by atoms with Gasteiger partial charge in [-0.1, -0.05) is 18.2 Å². The summed E-state index contributed by atoms with van der Waals surface area (Å²) in [7, 11) is 2.96. The van der Waals surface area contributed by atoms with E-state index in [2.05, 4.69) is 4.98 Å². The van der Waals surface area contributed by atoms with Crippen molar-refractivity contribution in [1.82, 2.24) is 4.98 Å². The number of anilines is 1. The fourth-order valence-electron chi connectivity index (χ4n) is 3.69. The second-order valence-corrected chi connectivity index (χ2v) is 6.85. The highest BCUT2D eigenvalue weighted by Crippen LogP contribution is 2.43. The molecule has 1 aliphatic heterocycles. The molecule has 1 saturated heterocycles. The average molecular weight is 416 g/mol. The Balaban J connectivity index is 1.98. The van der Waals surface area contributed by atoms with Crippen LogP contribution in [0.15, 0.2) is 78.6 Å². The molecule has 2 heterocycles. The lowest BCUT2D eigenvalue weighted by Gasteiger charge is -2.25. The molecular weight excluding hydrogens is 396 g/mol. The Bertz CT molecular complexity index is 1160. The zero-order chi connectivity index (χ0) is 22.0. The Morgan fingerprint density at radius 2 is 1.68 bits per heavy atom. The lowest BCUT2D eigenvalue weighted by Crippen LogP contribution is -2.29. The van der Waals surface area contributed by atoms with E-state index in [9.17, 15) is 14.7 Å². The third-order valence-electron chi connectivity index (χ3n) is 5.16. The molecular formula is C24H20N2O5. The number of carbonyl (C=O) groups excluding carboxylic acids is 2. The molecule has 1 aromatic heterocycles. The van der Waals surface area contributed by atoms with Gasteiger partial charge in [0.2, 0.25) is 0 Å². The molecule has 1 fully saturated rings. The summed E-state index contributed by atoms with van der Waals surface area (Å²) in [5, 5.41) is 11.3.